The van der Waals surface area contributed by atoms with Gasteiger partial charge in [-0.15, -0.1) is 0 Å². The zero-order valence-corrected chi connectivity index (χ0v) is 12.5. The maximum Gasteiger partial charge on any atom is 0.416 e. The van der Waals surface area contributed by atoms with Gasteiger partial charge in [-0.1, -0.05) is 22.9 Å². The highest BCUT2D eigenvalue weighted by molar-refractivity contribution is 9.10. The third-order valence-corrected chi connectivity index (χ3v) is 3.79. The number of halogens is 4. The summed E-state index contributed by atoms with van der Waals surface area (Å²) in [6, 6.07) is 3.50. The van der Waals surface area contributed by atoms with Gasteiger partial charge in [0.25, 0.3) is 0 Å². The van der Waals surface area contributed by atoms with Crippen LogP contribution in [0.2, 0.25) is 0 Å². The third kappa shape index (κ3) is 2.54. The van der Waals surface area contributed by atoms with E-state index in [9.17, 15) is 13.2 Å². The summed E-state index contributed by atoms with van der Waals surface area (Å²) in [5, 5.41) is 4.23. The Hall–Kier alpha value is -1.50. The predicted octanol–water partition coefficient (Wildman–Crippen LogP) is 4.01. The smallest absolute Gasteiger partial charge is 0.384 e. The summed E-state index contributed by atoms with van der Waals surface area (Å²) in [5.41, 5.74) is 6.79. The van der Waals surface area contributed by atoms with Gasteiger partial charge in [-0.05, 0) is 24.6 Å². The fourth-order valence-corrected chi connectivity index (χ4v) is 2.46. The van der Waals surface area contributed by atoms with Crippen molar-refractivity contribution in [3.8, 4) is 11.3 Å². The molecule has 7 heteroatoms. The van der Waals surface area contributed by atoms with Crippen molar-refractivity contribution in [1.29, 1.82) is 0 Å². The van der Waals surface area contributed by atoms with Crippen LogP contribution in [-0.4, -0.2) is 9.78 Å². The Kier molecular flexibility index (Phi) is 3.82. The number of anilines is 1. The molecule has 2 rings (SSSR count). The first-order valence-corrected chi connectivity index (χ1v) is 6.73. The number of nitrogens with two attached hydrogens (primary N) is 1. The van der Waals surface area contributed by atoms with Crippen molar-refractivity contribution < 1.29 is 13.2 Å². The second kappa shape index (κ2) is 5.12. The van der Waals surface area contributed by atoms with Crippen LogP contribution in [0.25, 0.3) is 11.3 Å². The molecule has 108 valence electrons. The van der Waals surface area contributed by atoms with Gasteiger partial charge in [-0.25, -0.2) is 0 Å². The molecule has 0 atom stereocenters. The molecule has 0 radical (unpaired) electrons. The monoisotopic (exact) mass is 347 g/mol. The molecule has 1 aromatic carbocycles. The summed E-state index contributed by atoms with van der Waals surface area (Å²) in [7, 11) is 1.67. The van der Waals surface area contributed by atoms with E-state index in [-0.39, 0.29) is 0 Å². The van der Waals surface area contributed by atoms with Gasteiger partial charge in [0.15, 0.2) is 0 Å². The number of aromatic nitrogens is 2. The van der Waals surface area contributed by atoms with Crippen molar-refractivity contribution in [1.82, 2.24) is 9.78 Å². The molecule has 3 nitrogen and oxygen atoms in total. The lowest BCUT2D eigenvalue weighted by atomic mass is 10.0. The summed E-state index contributed by atoms with van der Waals surface area (Å²) in [6.45, 7) is 1.89. The Morgan fingerprint density at radius 1 is 1.35 bits per heavy atom. The predicted molar refractivity (Wildman–Crippen MR) is 75.1 cm³/mol. The van der Waals surface area contributed by atoms with Crippen LogP contribution >= 0.6 is 15.9 Å². The molecular formula is C13H13BrF3N3. The number of hydrogen-bond acceptors (Lipinski definition) is 2. The molecule has 0 unspecified atom stereocenters. The van der Waals surface area contributed by atoms with Crippen LogP contribution < -0.4 is 5.73 Å². The van der Waals surface area contributed by atoms with Gasteiger partial charge in [0, 0.05) is 22.6 Å². The lowest BCUT2D eigenvalue weighted by Gasteiger charge is -2.10. The second-order valence-corrected chi connectivity index (χ2v) is 5.24. The molecule has 0 bridgehead atoms. The summed E-state index contributed by atoms with van der Waals surface area (Å²) < 4.78 is 40.5. The van der Waals surface area contributed by atoms with E-state index in [0.717, 1.165) is 17.7 Å². The summed E-state index contributed by atoms with van der Waals surface area (Å²) in [6.07, 6.45) is -3.79. The molecule has 0 fully saturated rings. The Bertz CT molecular complexity index is 647. The van der Waals surface area contributed by atoms with E-state index < -0.39 is 11.7 Å². The van der Waals surface area contributed by atoms with Crippen molar-refractivity contribution >= 4 is 21.7 Å². The zero-order chi connectivity index (χ0) is 15.1. The van der Waals surface area contributed by atoms with E-state index in [1.54, 1.807) is 7.05 Å². The standard InChI is InChI=1S/C13H13BrF3N3/c1-3-8-11(19-20(2)12(8)18)9-6-7(13(15,16)17)4-5-10(9)14/h4-6H,3,18H2,1-2H3. The molecule has 0 aliphatic rings. The van der Waals surface area contributed by atoms with E-state index in [2.05, 4.69) is 21.0 Å². The summed E-state index contributed by atoms with van der Waals surface area (Å²) in [5.74, 6) is 0.465. The van der Waals surface area contributed by atoms with E-state index in [1.165, 1.54) is 10.7 Å². The van der Waals surface area contributed by atoms with Crippen molar-refractivity contribution in [3.63, 3.8) is 0 Å². The van der Waals surface area contributed by atoms with Gasteiger partial charge < -0.3 is 5.73 Å². The highest BCUT2D eigenvalue weighted by Crippen LogP contribution is 2.37. The molecule has 0 amide bonds. The molecule has 0 saturated heterocycles. The third-order valence-electron chi connectivity index (χ3n) is 3.10. The maximum absolute atomic E-state index is 12.8. The number of benzene rings is 1. The first-order chi connectivity index (χ1) is 9.25. The highest BCUT2D eigenvalue weighted by atomic mass is 79.9. The fraction of sp³-hybridized carbons (Fsp3) is 0.308. The van der Waals surface area contributed by atoms with Gasteiger partial charge in [0.2, 0.25) is 0 Å². The minimum Gasteiger partial charge on any atom is -0.384 e. The number of rotatable bonds is 2. The molecule has 0 saturated carbocycles. The van der Waals surface area contributed by atoms with E-state index >= 15 is 0 Å². The Balaban J connectivity index is 2.66. The van der Waals surface area contributed by atoms with Crippen LogP contribution in [0, 0.1) is 0 Å². The minimum absolute atomic E-state index is 0.393. The first-order valence-electron chi connectivity index (χ1n) is 5.94. The van der Waals surface area contributed by atoms with Crippen molar-refractivity contribution in [2.45, 2.75) is 19.5 Å². The van der Waals surface area contributed by atoms with E-state index in [0.29, 0.717) is 28.0 Å². The van der Waals surface area contributed by atoms with E-state index in [1.807, 2.05) is 6.92 Å². The quantitative estimate of drug-likeness (QED) is 0.891. The van der Waals surface area contributed by atoms with Crippen LogP contribution in [0.4, 0.5) is 19.0 Å². The molecule has 0 spiro atoms. The summed E-state index contributed by atoms with van der Waals surface area (Å²) >= 11 is 3.27. The van der Waals surface area contributed by atoms with Crippen LogP contribution in [0.5, 0.6) is 0 Å². The molecule has 1 heterocycles. The number of aryl methyl sites for hydroxylation is 1. The number of hydrogen-bond donors (Lipinski definition) is 1. The van der Waals surface area contributed by atoms with Crippen molar-refractivity contribution in [3.05, 3.63) is 33.8 Å². The Morgan fingerprint density at radius 2 is 2.00 bits per heavy atom. The first kappa shape index (κ1) is 14.9. The second-order valence-electron chi connectivity index (χ2n) is 4.38. The van der Waals surface area contributed by atoms with E-state index in [4.69, 9.17) is 5.73 Å². The Labute approximate surface area is 122 Å². The molecule has 0 aliphatic carbocycles. The van der Waals surface area contributed by atoms with Crippen molar-refractivity contribution in [2.24, 2.45) is 7.05 Å². The van der Waals surface area contributed by atoms with Crippen LogP contribution in [-0.2, 0) is 19.6 Å². The van der Waals surface area contributed by atoms with Gasteiger partial charge in [-0.3, -0.25) is 4.68 Å². The SMILES string of the molecule is CCc1c(-c2cc(C(F)(F)F)ccc2Br)nn(C)c1N. The molecular weight excluding hydrogens is 335 g/mol. The van der Waals surface area contributed by atoms with Crippen LogP contribution in [0.1, 0.15) is 18.1 Å². The van der Waals surface area contributed by atoms with Crippen molar-refractivity contribution in [2.75, 3.05) is 5.73 Å². The number of nitrogen functional groups attached to an aromatic ring is 1. The Morgan fingerprint density at radius 3 is 2.55 bits per heavy atom. The molecule has 1 aromatic heterocycles. The zero-order valence-electron chi connectivity index (χ0n) is 10.9. The van der Waals surface area contributed by atoms with Crippen LogP contribution in [0.3, 0.4) is 0 Å². The van der Waals surface area contributed by atoms with Gasteiger partial charge >= 0.3 is 6.18 Å². The maximum atomic E-state index is 12.8. The normalized spacial score (nSPS) is 11.9. The van der Waals surface area contributed by atoms with Gasteiger partial charge in [0.1, 0.15) is 5.82 Å². The lowest BCUT2D eigenvalue weighted by Crippen LogP contribution is -2.05. The number of nitrogens with zero attached hydrogens (tertiary/aromatic N) is 2. The largest absolute Gasteiger partial charge is 0.416 e. The average molecular weight is 348 g/mol. The molecule has 2 N–H and O–H groups in total. The lowest BCUT2D eigenvalue weighted by molar-refractivity contribution is -0.137. The highest BCUT2D eigenvalue weighted by Gasteiger charge is 2.31. The topological polar surface area (TPSA) is 43.8 Å². The van der Waals surface area contributed by atoms with Gasteiger partial charge in [0.05, 0.1) is 11.3 Å². The molecule has 20 heavy (non-hydrogen) atoms. The van der Waals surface area contributed by atoms with Crippen LogP contribution in [0.15, 0.2) is 22.7 Å². The van der Waals surface area contributed by atoms with Gasteiger partial charge in [-0.2, -0.15) is 18.3 Å². The summed E-state index contributed by atoms with van der Waals surface area (Å²) in [4.78, 5) is 0. The molecule has 2 aromatic rings. The fourth-order valence-electron chi connectivity index (χ4n) is 2.03. The number of alkyl halides is 3. The average Bonchev–Trinajstić information content (AvgIpc) is 2.64. The molecule has 0 aliphatic heterocycles. The minimum atomic E-state index is -4.39.